The molecule has 0 spiro atoms. The average Bonchev–Trinajstić information content (AvgIpc) is 2.42. The Labute approximate surface area is 139 Å². The van der Waals surface area contributed by atoms with Crippen LogP contribution in [0.2, 0.25) is 0 Å². The summed E-state index contributed by atoms with van der Waals surface area (Å²) >= 11 is 0. The first kappa shape index (κ1) is 19.2. The minimum Gasteiger partial charge on any atom is -0.497 e. The summed E-state index contributed by atoms with van der Waals surface area (Å²) in [6.45, 7) is 11.7. The van der Waals surface area contributed by atoms with Crippen molar-refractivity contribution in [1.82, 2.24) is 5.32 Å². The molecule has 0 radical (unpaired) electrons. The van der Waals surface area contributed by atoms with Gasteiger partial charge in [-0.25, -0.2) is 0 Å². The van der Waals surface area contributed by atoms with Gasteiger partial charge in [0.05, 0.1) is 7.11 Å². The van der Waals surface area contributed by atoms with Crippen molar-refractivity contribution in [2.75, 3.05) is 7.11 Å². The number of hydrogen-bond donors (Lipinski definition) is 1. The molecule has 0 bridgehead atoms. The smallest absolute Gasteiger partial charge is 0.231 e. The van der Waals surface area contributed by atoms with Crippen LogP contribution < -0.4 is 10.1 Å². The van der Waals surface area contributed by atoms with Crippen LogP contribution >= 0.6 is 0 Å². The van der Waals surface area contributed by atoms with Gasteiger partial charge in [-0.15, -0.1) is 0 Å². The fourth-order valence-corrected chi connectivity index (χ4v) is 2.31. The van der Waals surface area contributed by atoms with Gasteiger partial charge >= 0.3 is 0 Å². The number of benzene rings is 1. The molecule has 4 nitrogen and oxygen atoms in total. The van der Waals surface area contributed by atoms with Crippen molar-refractivity contribution in [1.29, 1.82) is 0 Å². The number of imide groups is 1. The van der Waals surface area contributed by atoms with Crippen molar-refractivity contribution in [3.05, 3.63) is 29.8 Å². The summed E-state index contributed by atoms with van der Waals surface area (Å²) in [7, 11) is 1.63. The zero-order valence-electron chi connectivity index (χ0n) is 15.3. The van der Waals surface area contributed by atoms with Crippen LogP contribution in [0.15, 0.2) is 24.3 Å². The summed E-state index contributed by atoms with van der Waals surface area (Å²) in [5.74, 6) is 0.320. The van der Waals surface area contributed by atoms with Crippen LogP contribution in [0.5, 0.6) is 5.75 Å². The van der Waals surface area contributed by atoms with Crippen molar-refractivity contribution < 1.29 is 14.3 Å². The lowest BCUT2D eigenvalue weighted by Crippen LogP contribution is -2.40. The molecule has 4 heteroatoms. The number of carbonyl (C=O) groups excluding carboxylic acids is 2. The zero-order chi connectivity index (χ0) is 17.8. The standard InChI is InChI=1S/C19H29NO3/c1-18(2,3)15(13-8-10-14(23-7)11-9-13)12-16(21)20-17(22)19(4,5)6/h8-11,15H,12H2,1-7H3,(H,20,21,22). The number of rotatable bonds is 4. The van der Waals surface area contributed by atoms with Gasteiger partial charge in [-0.05, 0) is 29.0 Å². The molecular formula is C19H29NO3. The third kappa shape index (κ3) is 5.70. The van der Waals surface area contributed by atoms with Gasteiger partial charge in [-0.1, -0.05) is 53.7 Å². The van der Waals surface area contributed by atoms with Crippen molar-refractivity contribution in [2.24, 2.45) is 10.8 Å². The molecule has 0 aliphatic heterocycles. The lowest BCUT2D eigenvalue weighted by Gasteiger charge is -2.31. The molecule has 1 aromatic carbocycles. The first-order chi connectivity index (χ1) is 10.4. The van der Waals surface area contributed by atoms with Gasteiger partial charge < -0.3 is 4.74 Å². The minimum atomic E-state index is -0.576. The van der Waals surface area contributed by atoms with Gasteiger partial charge in [-0.2, -0.15) is 0 Å². The van der Waals surface area contributed by atoms with Crippen LogP contribution in [-0.4, -0.2) is 18.9 Å². The maximum atomic E-state index is 12.3. The number of carbonyl (C=O) groups is 2. The molecule has 128 valence electrons. The largest absolute Gasteiger partial charge is 0.497 e. The summed E-state index contributed by atoms with van der Waals surface area (Å²) in [5.41, 5.74) is 0.389. The highest BCUT2D eigenvalue weighted by Gasteiger charge is 2.30. The monoisotopic (exact) mass is 319 g/mol. The molecule has 0 saturated carbocycles. The number of amides is 2. The Morgan fingerprint density at radius 1 is 1.04 bits per heavy atom. The second-order valence-electron chi connectivity index (χ2n) is 8.02. The molecule has 2 amide bonds. The summed E-state index contributed by atoms with van der Waals surface area (Å²) < 4.78 is 5.18. The predicted molar refractivity (Wildman–Crippen MR) is 92.4 cm³/mol. The first-order valence-corrected chi connectivity index (χ1v) is 7.93. The molecule has 0 aliphatic carbocycles. The number of ether oxygens (including phenoxy) is 1. The Balaban J connectivity index is 2.91. The van der Waals surface area contributed by atoms with Crippen LogP contribution in [0.25, 0.3) is 0 Å². The zero-order valence-corrected chi connectivity index (χ0v) is 15.3. The van der Waals surface area contributed by atoms with Gasteiger partial charge in [0.2, 0.25) is 11.8 Å². The van der Waals surface area contributed by atoms with Gasteiger partial charge in [0.1, 0.15) is 5.75 Å². The number of hydrogen-bond acceptors (Lipinski definition) is 3. The molecule has 0 aliphatic rings. The van der Waals surface area contributed by atoms with Crippen LogP contribution in [-0.2, 0) is 9.59 Å². The topological polar surface area (TPSA) is 55.4 Å². The highest BCUT2D eigenvalue weighted by Crippen LogP contribution is 2.38. The van der Waals surface area contributed by atoms with Crippen LogP contribution in [0.4, 0.5) is 0 Å². The van der Waals surface area contributed by atoms with E-state index in [-0.39, 0.29) is 29.6 Å². The van der Waals surface area contributed by atoms with E-state index in [1.54, 1.807) is 27.9 Å². The highest BCUT2D eigenvalue weighted by atomic mass is 16.5. The van der Waals surface area contributed by atoms with Crippen LogP contribution in [0.1, 0.15) is 59.4 Å². The molecule has 0 aromatic heterocycles. The van der Waals surface area contributed by atoms with E-state index in [4.69, 9.17) is 4.74 Å². The van der Waals surface area contributed by atoms with E-state index < -0.39 is 5.41 Å². The molecule has 23 heavy (non-hydrogen) atoms. The van der Waals surface area contributed by atoms with Crippen molar-refractivity contribution in [2.45, 2.75) is 53.9 Å². The molecule has 1 aromatic rings. The molecule has 1 atom stereocenters. The lowest BCUT2D eigenvalue weighted by molar-refractivity contribution is -0.135. The molecule has 1 unspecified atom stereocenters. The van der Waals surface area contributed by atoms with E-state index in [1.807, 2.05) is 24.3 Å². The normalized spacial score (nSPS) is 13.3. The van der Waals surface area contributed by atoms with E-state index in [2.05, 4.69) is 26.1 Å². The third-order valence-electron chi connectivity index (χ3n) is 3.89. The summed E-state index contributed by atoms with van der Waals surface area (Å²) in [4.78, 5) is 24.3. The SMILES string of the molecule is COc1ccc(C(CC(=O)NC(=O)C(C)(C)C)C(C)(C)C)cc1. The van der Waals surface area contributed by atoms with Crippen molar-refractivity contribution in [3.8, 4) is 5.75 Å². The maximum Gasteiger partial charge on any atom is 0.231 e. The quantitative estimate of drug-likeness (QED) is 0.915. The second-order valence-corrected chi connectivity index (χ2v) is 8.02. The fraction of sp³-hybridized carbons (Fsp3) is 0.579. The molecule has 0 fully saturated rings. The van der Waals surface area contributed by atoms with Crippen LogP contribution in [0.3, 0.4) is 0 Å². The van der Waals surface area contributed by atoms with Crippen molar-refractivity contribution >= 4 is 11.8 Å². The Morgan fingerprint density at radius 3 is 1.96 bits per heavy atom. The first-order valence-electron chi connectivity index (χ1n) is 7.93. The summed E-state index contributed by atoms with van der Waals surface area (Å²) in [5, 5.41) is 2.51. The Bertz CT molecular complexity index is 547. The van der Waals surface area contributed by atoms with Crippen molar-refractivity contribution in [3.63, 3.8) is 0 Å². The van der Waals surface area contributed by atoms with E-state index in [0.29, 0.717) is 0 Å². The molecule has 1 rings (SSSR count). The lowest BCUT2D eigenvalue weighted by atomic mass is 9.74. The van der Waals surface area contributed by atoms with E-state index in [1.165, 1.54) is 0 Å². The van der Waals surface area contributed by atoms with Crippen LogP contribution in [0, 0.1) is 10.8 Å². The molecule has 1 N–H and O–H groups in total. The highest BCUT2D eigenvalue weighted by molar-refractivity contribution is 5.97. The average molecular weight is 319 g/mol. The molecule has 0 heterocycles. The second kappa shape index (κ2) is 7.16. The molecule has 0 saturated heterocycles. The summed E-state index contributed by atoms with van der Waals surface area (Å²) in [6.07, 6.45) is 0.275. The van der Waals surface area contributed by atoms with Gasteiger partial charge in [0.15, 0.2) is 0 Å². The molecular weight excluding hydrogens is 290 g/mol. The van der Waals surface area contributed by atoms with E-state index in [0.717, 1.165) is 11.3 Å². The Morgan fingerprint density at radius 2 is 1.57 bits per heavy atom. The Hall–Kier alpha value is -1.84. The third-order valence-corrected chi connectivity index (χ3v) is 3.89. The van der Waals surface area contributed by atoms with Gasteiger partial charge in [0.25, 0.3) is 0 Å². The summed E-state index contributed by atoms with van der Waals surface area (Å²) in [6, 6.07) is 7.75. The fourth-order valence-electron chi connectivity index (χ4n) is 2.31. The number of nitrogens with one attached hydrogen (secondary N) is 1. The Kier molecular flexibility index (Phi) is 5.98. The predicted octanol–water partition coefficient (Wildman–Crippen LogP) is 3.90. The van der Waals surface area contributed by atoms with E-state index >= 15 is 0 Å². The van der Waals surface area contributed by atoms with Gasteiger partial charge in [0, 0.05) is 11.8 Å². The minimum absolute atomic E-state index is 0.0150. The number of methoxy groups -OCH3 is 1. The maximum absolute atomic E-state index is 12.3. The van der Waals surface area contributed by atoms with Gasteiger partial charge in [-0.3, -0.25) is 14.9 Å². The van der Waals surface area contributed by atoms with E-state index in [9.17, 15) is 9.59 Å².